The van der Waals surface area contributed by atoms with Crippen molar-refractivity contribution < 1.29 is 30.0 Å². The summed E-state index contributed by atoms with van der Waals surface area (Å²) in [5.74, 6) is -3.20. The third-order valence-electron chi connectivity index (χ3n) is 1.46. The molecule has 1 heterocycles. The first-order valence-electron chi connectivity index (χ1n) is 3.18. The summed E-state index contributed by atoms with van der Waals surface area (Å²) in [6, 6.07) is 0. The van der Waals surface area contributed by atoms with E-state index in [9.17, 15) is 9.90 Å². The minimum Gasteiger partial charge on any atom is -0.499 e. The lowest BCUT2D eigenvalue weighted by Gasteiger charge is -2.12. The second-order valence-corrected chi connectivity index (χ2v) is 2.29. The highest BCUT2D eigenvalue weighted by molar-refractivity contribution is 5.89. The maximum absolute atomic E-state index is 10.8. The van der Waals surface area contributed by atoms with Crippen molar-refractivity contribution in [3.05, 3.63) is 11.5 Å². The minimum absolute atomic E-state index is 0.711. The van der Waals surface area contributed by atoms with Gasteiger partial charge in [0.05, 0.1) is 6.61 Å². The summed E-state index contributed by atoms with van der Waals surface area (Å²) in [5.41, 5.74) is 0. The van der Waals surface area contributed by atoms with E-state index in [2.05, 4.69) is 4.74 Å². The summed E-state index contributed by atoms with van der Waals surface area (Å²) in [5, 5.41) is 36.8. The molecule has 67 valence electrons. The lowest BCUT2D eigenvalue weighted by atomic mass is 10.2. The molecule has 0 amide bonds. The third kappa shape index (κ3) is 1.21. The molecule has 0 spiro atoms. The average molecular weight is 175 g/mol. The maximum Gasteiger partial charge on any atom is 0.378 e. The van der Waals surface area contributed by atoms with Crippen molar-refractivity contribution in [3.8, 4) is 0 Å². The number of aliphatic hydroxyl groups is 3. The van der Waals surface area contributed by atoms with Gasteiger partial charge in [0, 0.05) is 0 Å². The standard InChI is InChI=1S/C6H7O6/c7-1-2(8)5-3(9)4(10)6(11)12-5/h2,5,7-8,10H,1H2/t2?,5-/m1/s1. The third-order valence-corrected chi connectivity index (χ3v) is 1.46. The number of ether oxygens (including phenoxy) is 1. The van der Waals surface area contributed by atoms with Crippen LogP contribution in [-0.2, 0) is 14.6 Å². The molecule has 3 N–H and O–H groups in total. The van der Waals surface area contributed by atoms with Crippen molar-refractivity contribution in [2.45, 2.75) is 12.2 Å². The van der Waals surface area contributed by atoms with Gasteiger partial charge in [0.1, 0.15) is 6.10 Å². The van der Waals surface area contributed by atoms with Crippen LogP contribution >= 0.6 is 0 Å². The predicted octanol–water partition coefficient (Wildman–Crippen LogP) is -1.53. The van der Waals surface area contributed by atoms with E-state index in [4.69, 9.17) is 15.3 Å². The normalized spacial score (nSPS) is 25.8. The van der Waals surface area contributed by atoms with Crippen LogP contribution in [0.2, 0.25) is 0 Å². The fraction of sp³-hybridized carbons (Fsp3) is 0.500. The Kier molecular flexibility index (Phi) is 2.20. The van der Waals surface area contributed by atoms with Crippen molar-refractivity contribution in [2.75, 3.05) is 6.61 Å². The van der Waals surface area contributed by atoms with Gasteiger partial charge in [-0.15, -0.1) is 0 Å². The van der Waals surface area contributed by atoms with E-state index in [1.807, 2.05) is 0 Å². The fourth-order valence-corrected chi connectivity index (χ4v) is 0.809. The zero-order valence-corrected chi connectivity index (χ0v) is 5.93. The van der Waals surface area contributed by atoms with Crippen molar-refractivity contribution >= 4 is 5.97 Å². The van der Waals surface area contributed by atoms with Crippen LogP contribution in [0.15, 0.2) is 11.5 Å². The highest BCUT2D eigenvalue weighted by atomic mass is 16.6. The monoisotopic (exact) mass is 175 g/mol. The van der Waals surface area contributed by atoms with Crippen LogP contribution in [-0.4, -0.2) is 40.1 Å². The van der Waals surface area contributed by atoms with Gasteiger partial charge in [-0.25, -0.2) is 4.79 Å². The molecular weight excluding hydrogens is 168 g/mol. The first-order chi connectivity index (χ1) is 5.57. The summed E-state index contributed by atoms with van der Waals surface area (Å²) < 4.78 is 4.25. The Balaban J connectivity index is 2.80. The van der Waals surface area contributed by atoms with Crippen LogP contribution in [0.5, 0.6) is 0 Å². The average Bonchev–Trinajstić information content (AvgIpc) is 2.32. The quantitative estimate of drug-likeness (QED) is 0.441. The SMILES string of the molecule is [O]C1=C(O)C(=O)O[C@@H]1C(O)CO. The molecule has 1 unspecified atom stereocenters. The molecule has 0 aromatic carbocycles. The number of hydrogen-bond acceptors (Lipinski definition) is 5. The topological polar surface area (TPSA) is 107 Å². The van der Waals surface area contributed by atoms with Crippen LogP contribution < -0.4 is 0 Å². The molecule has 1 radical (unpaired) electrons. The number of rotatable bonds is 2. The Morgan fingerprint density at radius 3 is 2.50 bits per heavy atom. The Morgan fingerprint density at radius 2 is 2.17 bits per heavy atom. The maximum atomic E-state index is 10.8. The van der Waals surface area contributed by atoms with E-state index in [0.29, 0.717) is 0 Å². The number of carbonyl (C=O) groups excluding carboxylic acids is 1. The number of cyclic esters (lactones) is 1. The van der Waals surface area contributed by atoms with Gasteiger partial charge in [-0.1, -0.05) is 0 Å². The smallest absolute Gasteiger partial charge is 0.378 e. The lowest BCUT2D eigenvalue weighted by Crippen LogP contribution is -2.31. The molecule has 0 fully saturated rings. The zero-order chi connectivity index (χ0) is 9.30. The van der Waals surface area contributed by atoms with Crippen LogP contribution in [0.3, 0.4) is 0 Å². The molecule has 0 saturated carbocycles. The van der Waals surface area contributed by atoms with Gasteiger partial charge in [-0.2, -0.15) is 0 Å². The first-order valence-corrected chi connectivity index (χ1v) is 3.18. The van der Waals surface area contributed by atoms with Crippen LogP contribution in [0.25, 0.3) is 0 Å². The van der Waals surface area contributed by atoms with Crippen LogP contribution in [0, 0.1) is 0 Å². The Hall–Kier alpha value is -1.27. The van der Waals surface area contributed by atoms with Gasteiger partial charge in [0.15, 0.2) is 6.10 Å². The molecule has 0 saturated heterocycles. The largest absolute Gasteiger partial charge is 0.499 e. The molecule has 0 aromatic rings. The molecule has 1 aliphatic heterocycles. The van der Waals surface area contributed by atoms with Gasteiger partial charge < -0.3 is 20.1 Å². The molecule has 6 heteroatoms. The van der Waals surface area contributed by atoms with E-state index in [1.54, 1.807) is 0 Å². The summed E-state index contributed by atoms with van der Waals surface area (Å²) in [6.07, 6.45) is -2.95. The fourth-order valence-electron chi connectivity index (χ4n) is 0.809. The number of hydrogen-bond donors (Lipinski definition) is 3. The first kappa shape index (κ1) is 8.82. The summed E-state index contributed by atoms with van der Waals surface area (Å²) in [7, 11) is 0. The van der Waals surface area contributed by atoms with Gasteiger partial charge in [-0.3, -0.25) is 5.11 Å². The van der Waals surface area contributed by atoms with E-state index >= 15 is 0 Å². The second-order valence-electron chi connectivity index (χ2n) is 2.29. The number of esters is 1. The molecule has 1 rings (SSSR count). The number of carbonyl (C=O) groups is 1. The minimum atomic E-state index is -1.48. The van der Waals surface area contributed by atoms with Crippen molar-refractivity contribution in [1.82, 2.24) is 0 Å². The van der Waals surface area contributed by atoms with E-state index in [-0.39, 0.29) is 0 Å². The lowest BCUT2D eigenvalue weighted by molar-refractivity contribution is -0.148. The Labute approximate surface area is 67.3 Å². The Bertz CT molecular complexity index is 232. The summed E-state index contributed by atoms with van der Waals surface area (Å²) in [6.45, 7) is -0.711. The molecule has 0 aliphatic carbocycles. The molecule has 12 heavy (non-hydrogen) atoms. The van der Waals surface area contributed by atoms with Crippen molar-refractivity contribution in [3.63, 3.8) is 0 Å². The molecule has 0 aromatic heterocycles. The highest BCUT2D eigenvalue weighted by Gasteiger charge is 2.40. The van der Waals surface area contributed by atoms with E-state index < -0.39 is 36.3 Å². The van der Waals surface area contributed by atoms with Gasteiger partial charge in [0.2, 0.25) is 11.5 Å². The zero-order valence-electron chi connectivity index (χ0n) is 5.93. The van der Waals surface area contributed by atoms with Gasteiger partial charge in [0.25, 0.3) is 0 Å². The Morgan fingerprint density at radius 1 is 1.58 bits per heavy atom. The second kappa shape index (κ2) is 3.00. The molecule has 1 aliphatic rings. The summed E-state index contributed by atoms with van der Waals surface area (Å²) >= 11 is 0. The van der Waals surface area contributed by atoms with Gasteiger partial charge >= 0.3 is 5.97 Å². The van der Waals surface area contributed by atoms with Crippen LogP contribution in [0.1, 0.15) is 0 Å². The molecule has 2 atom stereocenters. The van der Waals surface area contributed by atoms with E-state index in [0.717, 1.165) is 0 Å². The highest BCUT2D eigenvalue weighted by Crippen LogP contribution is 2.21. The molecule has 0 bridgehead atoms. The van der Waals surface area contributed by atoms with Crippen molar-refractivity contribution in [2.24, 2.45) is 0 Å². The molecule has 6 nitrogen and oxygen atoms in total. The van der Waals surface area contributed by atoms with Crippen LogP contribution in [0.4, 0.5) is 0 Å². The summed E-state index contributed by atoms with van der Waals surface area (Å²) in [4.78, 5) is 10.5. The van der Waals surface area contributed by atoms with Gasteiger partial charge in [-0.05, 0) is 0 Å². The molecular formula is C6H7O6. The van der Waals surface area contributed by atoms with E-state index in [1.165, 1.54) is 0 Å². The predicted molar refractivity (Wildman–Crippen MR) is 33.3 cm³/mol. The van der Waals surface area contributed by atoms with Crippen molar-refractivity contribution in [1.29, 1.82) is 0 Å². The number of aliphatic hydroxyl groups excluding tert-OH is 3.